The molecule has 0 aliphatic rings. The second-order valence-electron chi connectivity index (χ2n) is 22.2. The van der Waals surface area contributed by atoms with Crippen LogP contribution in [0.1, 0.15) is 0 Å². The molecule has 0 aliphatic carbocycles. The molecule has 0 spiro atoms. The number of rotatable bonds is 15. The smallest absolute Gasteiger partial charge is 0.0622 e. The van der Waals surface area contributed by atoms with Crippen LogP contribution in [0.5, 0.6) is 0 Å². The Labute approximate surface area is 590 Å². The van der Waals surface area contributed by atoms with Crippen LogP contribution in [0.3, 0.4) is 0 Å². The molecule has 0 heterocycles. The van der Waals surface area contributed by atoms with Crippen LogP contribution >= 0.6 is 39.6 Å². The number of benzene rings is 15. The van der Waals surface area contributed by atoms with Crippen LogP contribution in [0, 0.1) is 0 Å². The van der Waals surface area contributed by atoms with Crippen molar-refractivity contribution in [2.45, 2.75) is 0 Å². The quantitative estimate of drug-likeness (QED) is 0.0709. The van der Waals surface area contributed by atoms with Gasteiger partial charge in [-0.1, -0.05) is 309 Å². The Kier molecular flexibility index (Phi) is 28.6. The molecule has 15 aromatic carbocycles. The number of hydrogen-bond donors (Lipinski definition) is 0. The van der Waals surface area contributed by atoms with Gasteiger partial charge in [0.1, 0.15) is 63.7 Å². The third-order valence-electron chi connectivity index (χ3n) is 15.8. The van der Waals surface area contributed by atoms with Crippen LogP contribution in [-0.4, -0.2) is 0 Å². The topological polar surface area (TPSA) is 0 Å². The van der Waals surface area contributed by atoms with Gasteiger partial charge in [-0.05, 0) is 169 Å². The van der Waals surface area contributed by atoms with E-state index in [2.05, 4.69) is 455 Å². The van der Waals surface area contributed by atoms with E-state index in [4.69, 9.17) is 0 Å². The van der Waals surface area contributed by atoms with Crippen molar-refractivity contribution in [1.82, 2.24) is 0 Å². The van der Waals surface area contributed by atoms with E-state index in [0.29, 0.717) is 0 Å². The van der Waals surface area contributed by atoms with E-state index in [0.717, 1.165) is 0 Å². The second kappa shape index (κ2) is 39.2. The standard InChI is InChI=1S/5C18H15P.Pd/c5*1-4-10-16(11-5-1)19(17-12-6-2-7-13-17)18-14-8-3-9-15-18;/h5*1-15H;/p+4. The Bertz CT molecular complexity index is 3310. The molecule has 0 atom stereocenters. The first-order valence-corrected chi connectivity index (χ1v) is 39.7. The monoisotopic (exact) mass is 1420 g/mol. The summed E-state index contributed by atoms with van der Waals surface area (Å²) in [7, 11) is -3.96. The van der Waals surface area contributed by atoms with Gasteiger partial charge in [0.2, 0.25) is 0 Å². The summed E-state index contributed by atoms with van der Waals surface area (Å²) < 4.78 is 0. The van der Waals surface area contributed by atoms with Crippen LogP contribution in [0.4, 0.5) is 0 Å². The fraction of sp³-hybridized carbons (Fsp3) is 0. The van der Waals surface area contributed by atoms with Crippen molar-refractivity contribution in [3.8, 4) is 0 Å². The van der Waals surface area contributed by atoms with Gasteiger partial charge in [0.05, 0.1) is 31.7 Å². The van der Waals surface area contributed by atoms with E-state index in [1.54, 1.807) is 0 Å². The molecule has 0 saturated heterocycles. The molecule has 0 bridgehead atoms. The molecule has 15 aromatic rings. The maximum Gasteiger partial charge on any atom is 0.102 e. The summed E-state index contributed by atoms with van der Waals surface area (Å²) in [5.74, 6) is 0. The molecule has 0 N–H and O–H groups in total. The fourth-order valence-corrected chi connectivity index (χ4v) is 24.1. The average molecular weight is 1420 g/mol. The van der Waals surface area contributed by atoms with Crippen LogP contribution in [0.15, 0.2) is 455 Å². The zero-order chi connectivity index (χ0) is 64.6. The van der Waals surface area contributed by atoms with Crippen molar-refractivity contribution < 1.29 is 20.4 Å². The average Bonchev–Trinajstić information content (AvgIpc) is 1.67. The molecule has 0 fully saturated rings. The Balaban J connectivity index is 0.000000130. The SMILES string of the molecule is [Pd].c1ccc(P(c2ccccc2)c2ccccc2)cc1.c1ccc([PH+](c2ccccc2)c2ccccc2)cc1.c1ccc([PH+](c2ccccc2)c2ccccc2)cc1.c1ccc([PH+](c2ccccc2)c2ccccc2)cc1.c1ccc([PH+](c2ccccc2)c2ccccc2)cc1. The predicted octanol–water partition coefficient (Wildman–Crippen LogP) is 16.2. The second-order valence-corrected chi connectivity index (χ2v) is 34.4. The fourth-order valence-electron chi connectivity index (χ4n) is 11.4. The molecule has 0 radical (unpaired) electrons. The normalized spacial score (nSPS) is 10.5. The summed E-state index contributed by atoms with van der Waals surface area (Å²) in [5, 5.41) is 21.4. The van der Waals surface area contributed by atoms with E-state index in [-0.39, 0.29) is 20.4 Å². The molecule has 96 heavy (non-hydrogen) atoms. The first-order chi connectivity index (χ1) is 47.2. The zero-order valence-electron chi connectivity index (χ0n) is 53.6. The van der Waals surface area contributed by atoms with Crippen LogP contribution in [-0.2, 0) is 20.4 Å². The summed E-state index contributed by atoms with van der Waals surface area (Å²) in [5.41, 5.74) is 0. The molecule has 6 heteroatoms. The van der Waals surface area contributed by atoms with Crippen molar-refractivity contribution in [1.29, 1.82) is 0 Å². The molecule has 0 amide bonds. The van der Waals surface area contributed by atoms with Crippen molar-refractivity contribution in [2.75, 3.05) is 0 Å². The van der Waals surface area contributed by atoms with E-state index in [9.17, 15) is 0 Å². The van der Waals surface area contributed by atoms with Gasteiger partial charge in [-0.2, -0.15) is 0 Å². The van der Waals surface area contributed by atoms with Gasteiger partial charge in [-0.3, -0.25) is 0 Å². The van der Waals surface area contributed by atoms with Crippen LogP contribution in [0.25, 0.3) is 0 Å². The summed E-state index contributed by atoms with van der Waals surface area (Å²) in [6.07, 6.45) is 0. The summed E-state index contributed by atoms with van der Waals surface area (Å²) in [4.78, 5) is 0. The first-order valence-electron chi connectivity index (χ1n) is 32.3. The molecule has 0 aromatic heterocycles. The Morgan fingerprint density at radius 2 is 0.198 bits per heavy atom. The van der Waals surface area contributed by atoms with Gasteiger partial charge in [-0.25, -0.2) is 0 Å². The largest absolute Gasteiger partial charge is 0.102 e. The minimum absolute atomic E-state index is 0. The van der Waals surface area contributed by atoms with Gasteiger partial charge in [-0.15, -0.1) is 0 Å². The van der Waals surface area contributed by atoms with Crippen molar-refractivity contribution >= 4 is 119 Å². The van der Waals surface area contributed by atoms with E-state index < -0.39 is 39.6 Å². The minimum atomic E-state index is -0.877. The molecular formula is C90H79P5Pd+4. The van der Waals surface area contributed by atoms with Gasteiger partial charge < -0.3 is 0 Å². The van der Waals surface area contributed by atoms with Gasteiger partial charge in [0.15, 0.2) is 0 Å². The van der Waals surface area contributed by atoms with E-state index in [1.165, 1.54) is 79.6 Å². The molecule has 0 nitrogen and oxygen atoms in total. The summed E-state index contributed by atoms with van der Waals surface area (Å²) in [6.45, 7) is 0. The van der Waals surface area contributed by atoms with Crippen LogP contribution < -0.4 is 79.6 Å². The predicted molar refractivity (Wildman–Crippen MR) is 431 cm³/mol. The molecule has 15 rings (SSSR count). The molecule has 0 aliphatic heterocycles. The molecule has 0 saturated carbocycles. The Morgan fingerprint density at radius 3 is 0.292 bits per heavy atom. The van der Waals surface area contributed by atoms with Gasteiger partial charge in [0, 0.05) is 20.4 Å². The zero-order valence-corrected chi connectivity index (χ0v) is 60.0. The third kappa shape index (κ3) is 20.6. The minimum Gasteiger partial charge on any atom is -0.0622 e. The van der Waals surface area contributed by atoms with E-state index in [1.807, 2.05) is 0 Å². The first kappa shape index (κ1) is 69.9. The molecule has 0 unspecified atom stereocenters. The van der Waals surface area contributed by atoms with Crippen molar-refractivity contribution in [3.63, 3.8) is 0 Å². The van der Waals surface area contributed by atoms with Crippen molar-refractivity contribution in [3.05, 3.63) is 455 Å². The van der Waals surface area contributed by atoms with Crippen molar-refractivity contribution in [2.24, 2.45) is 0 Å². The van der Waals surface area contributed by atoms with E-state index >= 15 is 0 Å². The van der Waals surface area contributed by atoms with Gasteiger partial charge in [0.25, 0.3) is 0 Å². The maximum absolute atomic E-state index is 2.24. The molecular weight excluding hydrogens is 1340 g/mol. The third-order valence-corrected chi connectivity index (χ3v) is 29.2. The Morgan fingerprint density at radius 1 is 0.115 bits per heavy atom. The molecule has 470 valence electrons. The van der Waals surface area contributed by atoms with Crippen LogP contribution in [0.2, 0.25) is 0 Å². The van der Waals surface area contributed by atoms with Gasteiger partial charge >= 0.3 is 0 Å². The summed E-state index contributed by atoms with van der Waals surface area (Å²) >= 11 is 0. The summed E-state index contributed by atoms with van der Waals surface area (Å²) in [6, 6.07) is 162. The maximum atomic E-state index is 2.24. The Hall–Kier alpha value is -8.89. The number of hydrogen-bond acceptors (Lipinski definition) is 0.